The Morgan fingerprint density at radius 3 is 2.73 bits per heavy atom. The largest absolute Gasteiger partial charge is 0.481 e. The van der Waals surface area contributed by atoms with E-state index in [0.717, 1.165) is 32.1 Å². The zero-order chi connectivity index (χ0) is 16.6. The minimum absolute atomic E-state index is 0.0558. The van der Waals surface area contributed by atoms with Gasteiger partial charge in [-0.05, 0) is 38.0 Å². The summed E-state index contributed by atoms with van der Waals surface area (Å²) in [5.41, 5.74) is 0.522. The van der Waals surface area contributed by atoms with Crippen LogP contribution in [0.1, 0.15) is 59.3 Å². The molecule has 3 heteroatoms. The van der Waals surface area contributed by atoms with Gasteiger partial charge in [0.2, 0.25) is 0 Å². The molecule has 0 aromatic rings. The molecule has 2 unspecified atom stereocenters. The van der Waals surface area contributed by atoms with Crippen molar-refractivity contribution in [3.8, 4) is 0 Å². The van der Waals surface area contributed by atoms with Gasteiger partial charge < -0.3 is 9.84 Å². The molecule has 22 heavy (non-hydrogen) atoms. The van der Waals surface area contributed by atoms with Crippen LogP contribution in [-0.2, 0) is 9.53 Å². The number of unbranched alkanes of at least 4 members (excludes halogenated alkanes) is 1. The SMILES string of the molecule is CCCCC1=CC=CC(CCC(C)C)(C(=O)O)C1CCOC. The van der Waals surface area contributed by atoms with E-state index in [4.69, 9.17) is 4.74 Å². The molecule has 0 fully saturated rings. The number of carbonyl (C=O) groups is 1. The highest BCUT2D eigenvalue weighted by molar-refractivity contribution is 5.79. The van der Waals surface area contributed by atoms with Gasteiger partial charge in [0.25, 0.3) is 0 Å². The topological polar surface area (TPSA) is 46.5 Å². The van der Waals surface area contributed by atoms with Gasteiger partial charge in [-0.2, -0.15) is 0 Å². The zero-order valence-corrected chi connectivity index (χ0v) is 14.6. The van der Waals surface area contributed by atoms with E-state index in [1.807, 2.05) is 12.2 Å². The monoisotopic (exact) mass is 308 g/mol. The van der Waals surface area contributed by atoms with Crippen LogP contribution in [0.15, 0.2) is 23.8 Å². The smallest absolute Gasteiger partial charge is 0.314 e. The summed E-state index contributed by atoms with van der Waals surface area (Å²) in [4.78, 5) is 12.2. The van der Waals surface area contributed by atoms with Crippen molar-refractivity contribution in [2.75, 3.05) is 13.7 Å². The van der Waals surface area contributed by atoms with Crippen LogP contribution in [0.5, 0.6) is 0 Å². The molecule has 0 aliphatic heterocycles. The van der Waals surface area contributed by atoms with Crippen molar-refractivity contribution in [2.45, 2.75) is 59.3 Å². The maximum Gasteiger partial charge on any atom is 0.314 e. The molecule has 1 N–H and O–H groups in total. The summed E-state index contributed by atoms with van der Waals surface area (Å²) in [5.74, 6) is -0.120. The van der Waals surface area contributed by atoms with E-state index in [9.17, 15) is 9.90 Å². The summed E-state index contributed by atoms with van der Waals surface area (Å²) in [6.07, 6.45) is 11.7. The number of methoxy groups -OCH3 is 1. The fraction of sp³-hybridized carbons (Fsp3) is 0.737. The Kier molecular flexibility index (Phi) is 7.88. The molecule has 1 aliphatic rings. The van der Waals surface area contributed by atoms with Crippen LogP contribution in [0.3, 0.4) is 0 Å². The summed E-state index contributed by atoms with van der Waals surface area (Å²) in [6.45, 7) is 7.09. The highest BCUT2D eigenvalue weighted by atomic mass is 16.5. The third-order valence-corrected chi connectivity index (χ3v) is 4.74. The van der Waals surface area contributed by atoms with Crippen molar-refractivity contribution in [3.63, 3.8) is 0 Å². The van der Waals surface area contributed by atoms with Crippen molar-refractivity contribution in [3.05, 3.63) is 23.8 Å². The molecular formula is C19H32O3. The van der Waals surface area contributed by atoms with Gasteiger partial charge >= 0.3 is 5.97 Å². The Bertz CT molecular complexity index is 409. The first kappa shape index (κ1) is 19.0. The predicted octanol–water partition coefficient (Wildman–Crippen LogP) is 4.83. The summed E-state index contributed by atoms with van der Waals surface area (Å²) in [6, 6.07) is 0. The third-order valence-electron chi connectivity index (χ3n) is 4.74. The molecular weight excluding hydrogens is 276 g/mol. The molecule has 3 nitrogen and oxygen atoms in total. The summed E-state index contributed by atoms with van der Waals surface area (Å²) >= 11 is 0. The molecule has 0 aromatic carbocycles. The lowest BCUT2D eigenvalue weighted by Gasteiger charge is -2.39. The summed E-state index contributed by atoms with van der Waals surface area (Å²) in [5, 5.41) is 10.00. The van der Waals surface area contributed by atoms with Gasteiger partial charge in [0.1, 0.15) is 0 Å². The van der Waals surface area contributed by atoms with E-state index in [-0.39, 0.29) is 5.92 Å². The molecule has 0 saturated carbocycles. The first-order chi connectivity index (χ1) is 10.5. The van der Waals surface area contributed by atoms with Crippen LogP contribution in [-0.4, -0.2) is 24.8 Å². The second kappa shape index (κ2) is 9.14. The number of aliphatic carboxylic acids is 1. The van der Waals surface area contributed by atoms with Crippen molar-refractivity contribution in [2.24, 2.45) is 17.3 Å². The number of carboxylic acids is 1. The molecule has 0 amide bonds. The Hall–Kier alpha value is -1.09. The second-order valence-corrected chi connectivity index (χ2v) is 6.82. The fourth-order valence-electron chi connectivity index (χ4n) is 3.34. The second-order valence-electron chi connectivity index (χ2n) is 6.82. The predicted molar refractivity (Wildman–Crippen MR) is 90.9 cm³/mol. The fourth-order valence-corrected chi connectivity index (χ4v) is 3.34. The van der Waals surface area contributed by atoms with Crippen LogP contribution < -0.4 is 0 Å². The third kappa shape index (κ3) is 4.70. The van der Waals surface area contributed by atoms with Gasteiger partial charge in [-0.15, -0.1) is 0 Å². The van der Waals surface area contributed by atoms with Gasteiger partial charge in [-0.25, -0.2) is 0 Å². The Morgan fingerprint density at radius 2 is 2.18 bits per heavy atom. The lowest BCUT2D eigenvalue weighted by molar-refractivity contribution is -0.149. The van der Waals surface area contributed by atoms with Gasteiger partial charge in [-0.3, -0.25) is 4.79 Å². The number of hydrogen-bond acceptors (Lipinski definition) is 2. The zero-order valence-electron chi connectivity index (χ0n) is 14.6. The maximum atomic E-state index is 12.2. The quantitative estimate of drug-likeness (QED) is 0.628. The summed E-state index contributed by atoms with van der Waals surface area (Å²) in [7, 11) is 1.69. The summed E-state index contributed by atoms with van der Waals surface area (Å²) < 4.78 is 5.25. The molecule has 2 atom stereocenters. The van der Waals surface area contributed by atoms with Crippen molar-refractivity contribution in [1.82, 2.24) is 0 Å². The van der Waals surface area contributed by atoms with Gasteiger partial charge in [0, 0.05) is 19.6 Å². The van der Waals surface area contributed by atoms with Crippen LogP contribution in [0.2, 0.25) is 0 Å². The molecule has 126 valence electrons. The highest BCUT2D eigenvalue weighted by Crippen LogP contribution is 2.46. The first-order valence-electron chi connectivity index (χ1n) is 8.58. The Labute approximate surface area is 135 Å². The van der Waals surface area contributed by atoms with Crippen molar-refractivity contribution >= 4 is 5.97 Å². The molecule has 0 radical (unpaired) electrons. The normalized spacial score (nSPS) is 24.6. The number of carboxylic acid groups (broad SMARTS) is 1. The Balaban J connectivity index is 3.06. The van der Waals surface area contributed by atoms with E-state index in [1.54, 1.807) is 7.11 Å². The molecule has 0 bridgehead atoms. The minimum atomic E-state index is -0.763. The van der Waals surface area contributed by atoms with Crippen LogP contribution in [0.4, 0.5) is 0 Å². The number of ether oxygens (including phenoxy) is 1. The van der Waals surface area contributed by atoms with Crippen LogP contribution >= 0.6 is 0 Å². The van der Waals surface area contributed by atoms with Crippen LogP contribution in [0.25, 0.3) is 0 Å². The highest BCUT2D eigenvalue weighted by Gasteiger charge is 2.45. The van der Waals surface area contributed by atoms with E-state index >= 15 is 0 Å². The molecule has 1 rings (SSSR count). The lowest BCUT2D eigenvalue weighted by Crippen LogP contribution is -2.40. The van der Waals surface area contributed by atoms with Gasteiger partial charge in [-0.1, -0.05) is 51.0 Å². The lowest BCUT2D eigenvalue weighted by atomic mass is 9.64. The minimum Gasteiger partial charge on any atom is -0.481 e. The van der Waals surface area contributed by atoms with E-state index in [0.29, 0.717) is 18.9 Å². The van der Waals surface area contributed by atoms with Crippen molar-refractivity contribution in [1.29, 1.82) is 0 Å². The van der Waals surface area contributed by atoms with E-state index in [1.165, 1.54) is 5.57 Å². The molecule has 0 saturated heterocycles. The standard InChI is InChI=1S/C19H32O3/c1-5-6-8-16-9-7-12-19(18(20)21,13-10-15(2)3)17(16)11-14-22-4/h7,9,12,15,17H,5-6,8,10-11,13-14H2,1-4H3,(H,20,21). The van der Waals surface area contributed by atoms with E-state index < -0.39 is 11.4 Å². The van der Waals surface area contributed by atoms with Crippen LogP contribution in [0, 0.1) is 17.3 Å². The van der Waals surface area contributed by atoms with Gasteiger partial charge in [0.05, 0.1) is 5.41 Å². The average Bonchev–Trinajstić information content (AvgIpc) is 2.49. The molecule has 0 heterocycles. The van der Waals surface area contributed by atoms with E-state index in [2.05, 4.69) is 26.8 Å². The number of allylic oxidation sites excluding steroid dienone is 3. The van der Waals surface area contributed by atoms with Crippen molar-refractivity contribution < 1.29 is 14.6 Å². The molecule has 1 aliphatic carbocycles. The Morgan fingerprint density at radius 1 is 1.45 bits per heavy atom. The maximum absolute atomic E-state index is 12.2. The number of rotatable bonds is 10. The molecule has 0 aromatic heterocycles. The molecule has 0 spiro atoms. The van der Waals surface area contributed by atoms with Gasteiger partial charge in [0.15, 0.2) is 0 Å². The number of hydrogen-bond donors (Lipinski definition) is 1. The first-order valence-corrected chi connectivity index (χ1v) is 8.58. The average molecular weight is 308 g/mol.